The molecule has 0 spiro atoms. The normalized spacial score (nSPS) is 16.2. The number of aromatic nitrogens is 2. The molecule has 308 valence electrons. The zero-order chi connectivity index (χ0) is 40.8. The average molecular weight is 793 g/mol. The first kappa shape index (κ1) is 45.8. The van der Waals surface area contributed by atoms with Gasteiger partial charge in [0.15, 0.2) is 12.4 Å². The Labute approximate surface area is 324 Å². The Morgan fingerprint density at radius 3 is 1.07 bits per heavy atom. The fraction of sp³-hybridized carbons (Fsp3) is 0.524. The summed E-state index contributed by atoms with van der Waals surface area (Å²) in [6, 6.07) is 22.4. The van der Waals surface area contributed by atoms with Crippen LogP contribution in [0, 0.1) is 0 Å². The van der Waals surface area contributed by atoms with Crippen LogP contribution in [0.3, 0.4) is 0 Å². The Kier molecular flexibility index (Phi) is 19.7. The molecular formula is C42H54F6N4O4. The quantitative estimate of drug-likeness (QED) is 0.138. The van der Waals surface area contributed by atoms with Gasteiger partial charge >= 0.3 is 12.4 Å². The van der Waals surface area contributed by atoms with Crippen molar-refractivity contribution in [2.75, 3.05) is 23.7 Å². The minimum Gasteiger partial charge on any atom is -0.542 e. The van der Waals surface area contributed by atoms with Crippen molar-refractivity contribution in [3.63, 3.8) is 0 Å². The van der Waals surface area contributed by atoms with Crippen molar-refractivity contribution in [2.45, 2.75) is 128 Å². The second-order valence-electron chi connectivity index (χ2n) is 14.0. The molecule has 0 amide bonds. The predicted molar refractivity (Wildman–Crippen MR) is 201 cm³/mol. The standard InChI is InChI=1S/C38H52N4.2C2HF3O2/c1-2-6-10-18-28-40-36-26-32-42(38-24-16-14-22-34(36)38)30-20-12-8-4-3-7-11-19-29-41-31-25-35(39-27-17-9-5-1)33-21-13-15-23-37(33)41;2*3-2(4,5)1(6)7/h13-16,21-26,31-32H,1-12,17-20,27-30H2;2*(H,6,7). The zero-order valence-electron chi connectivity index (χ0n) is 31.9. The van der Waals surface area contributed by atoms with Crippen molar-refractivity contribution in [1.82, 2.24) is 0 Å². The molecule has 2 N–H and O–H groups in total. The van der Waals surface area contributed by atoms with E-state index in [9.17, 15) is 26.3 Å². The number of fused-ring (bicyclic) bond motifs is 22. The Balaban J connectivity index is 0.000000512. The van der Waals surface area contributed by atoms with Gasteiger partial charge in [-0.05, 0) is 37.8 Å². The Bertz CT molecular complexity index is 1660. The SMILES string of the molecule is O=C([O-])C(F)(F)F.O=C([O-])C(F)(F)F.c1ccc2c(c1)c1cc[n+]2CCCCCCCCCC[n+]2ccc(c3ccccc32)NCCCCCCCCCCN1. The fourth-order valence-corrected chi connectivity index (χ4v) is 6.65. The Morgan fingerprint density at radius 2 is 0.750 bits per heavy atom. The molecule has 56 heavy (non-hydrogen) atoms. The highest BCUT2D eigenvalue weighted by molar-refractivity contribution is 5.89. The number of aliphatic carboxylic acids is 2. The van der Waals surface area contributed by atoms with E-state index in [4.69, 9.17) is 19.8 Å². The lowest BCUT2D eigenvalue weighted by atomic mass is 10.1. The van der Waals surface area contributed by atoms with Crippen molar-refractivity contribution >= 4 is 45.1 Å². The number of halogens is 6. The van der Waals surface area contributed by atoms with Crippen molar-refractivity contribution in [3.05, 3.63) is 73.1 Å². The van der Waals surface area contributed by atoms with Crippen molar-refractivity contribution in [2.24, 2.45) is 0 Å². The molecule has 0 radical (unpaired) electrons. The van der Waals surface area contributed by atoms with Gasteiger partial charge in [-0.3, -0.25) is 0 Å². The Hall–Kier alpha value is -4.62. The smallest absolute Gasteiger partial charge is 0.430 e. The molecule has 6 rings (SSSR count). The average Bonchev–Trinajstić information content (AvgIpc) is 3.16. The first-order valence-electron chi connectivity index (χ1n) is 19.7. The van der Waals surface area contributed by atoms with Crippen molar-refractivity contribution in [1.29, 1.82) is 0 Å². The monoisotopic (exact) mass is 792 g/mol. The minimum absolute atomic E-state index is 1.06. The minimum atomic E-state index is -5.19. The number of aryl methyl sites for hydroxylation is 2. The summed E-state index contributed by atoms with van der Waals surface area (Å²) in [6.45, 7) is 4.35. The molecule has 2 aromatic carbocycles. The molecule has 8 nitrogen and oxygen atoms in total. The van der Waals surface area contributed by atoms with Gasteiger partial charge in [0.1, 0.15) is 25.0 Å². The number of carboxylic acids is 2. The summed E-state index contributed by atoms with van der Waals surface area (Å²) in [5.74, 6) is -6.01. The molecule has 0 fully saturated rings. The highest BCUT2D eigenvalue weighted by Gasteiger charge is 2.29. The molecule has 0 atom stereocenters. The largest absolute Gasteiger partial charge is 0.542 e. The number of para-hydroxylation sites is 2. The molecular weight excluding hydrogens is 738 g/mol. The van der Waals surface area contributed by atoms with E-state index >= 15 is 0 Å². The Morgan fingerprint density at radius 1 is 0.464 bits per heavy atom. The molecule has 0 unspecified atom stereocenters. The van der Waals surface area contributed by atoms with Gasteiger partial charge < -0.3 is 30.4 Å². The van der Waals surface area contributed by atoms with Crippen LogP contribution in [0.2, 0.25) is 0 Å². The number of hydrogen-bond donors (Lipinski definition) is 2. The lowest BCUT2D eigenvalue weighted by Gasteiger charge is -2.10. The summed E-state index contributed by atoms with van der Waals surface area (Å²) in [6.07, 6.45) is 15.4. The number of carbonyl (C=O) groups is 2. The van der Waals surface area contributed by atoms with Crippen LogP contribution in [-0.4, -0.2) is 37.4 Å². The van der Waals surface area contributed by atoms with E-state index in [1.807, 2.05) is 0 Å². The molecule has 0 saturated carbocycles. The van der Waals surface area contributed by atoms with Crippen LogP contribution >= 0.6 is 0 Å². The summed E-state index contributed by atoms with van der Waals surface area (Å²) in [5.41, 5.74) is 5.30. The maximum absolute atomic E-state index is 10.5. The number of carboxylic acid groups (broad SMARTS) is 2. The topological polar surface area (TPSA) is 112 Å². The highest BCUT2D eigenvalue weighted by atomic mass is 19.4. The molecule has 4 bridgehead atoms. The maximum atomic E-state index is 10.5. The van der Waals surface area contributed by atoms with E-state index in [1.54, 1.807) is 0 Å². The highest BCUT2D eigenvalue weighted by Crippen LogP contribution is 2.23. The number of nitrogens with zero attached hydrogens (tertiary/aromatic N) is 2. The van der Waals surface area contributed by atoms with Gasteiger partial charge in [0.25, 0.3) is 0 Å². The van der Waals surface area contributed by atoms with Crippen LogP contribution < -0.4 is 30.0 Å². The number of hydrogen-bond acceptors (Lipinski definition) is 6. The summed E-state index contributed by atoms with van der Waals surface area (Å²) < 4.78 is 68.0. The van der Waals surface area contributed by atoms with Gasteiger partial charge in [0.2, 0.25) is 11.0 Å². The van der Waals surface area contributed by atoms with Crippen LogP contribution in [-0.2, 0) is 22.7 Å². The zero-order valence-corrected chi connectivity index (χ0v) is 31.9. The molecule has 0 saturated heterocycles. The number of alkyl halides is 6. The van der Waals surface area contributed by atoms with Gasteiger partial charge in [0, 0.05) is 50.2 Å². The van der Waals surface area contributed by atoms with Crippen LogP contribution in [0.15, 0.2) is 73.1 Å². The van der Waals surface area contributed by atoms with Crippen molar-refractivity contribution in [3.8, 4) is 0 Å². The van der Waals surface area contributed by atoms with Crippen LogP contribution in [0.1, 0.15) is 103 Å². The first-order valence-corrected chi connectivity index (χ1v) is 19.7. The van der Waals surface area contributed by atoms with E-state index in [0.717, 1.165) is 26.2 Å². The van der Waals surface area contributed by atoms with Gasteiger partial charge in [-0.2, -0.15) is 35.5 Å². The molecule has 14 heteroatoms. The maximum Gasteiger partial charge on any atom is 0.430 e. The third-order valence-electron chi connectivity index (χ3n) is 9.59. The molecule has 2 aliphatic rings. The second-order valence-corrected chi connectivity index (χ2v) is 14.0. The number of rotatable bonds is 0. The number of pyridine rings is 2. The molecule has 2 aromatic heterocycles. The fourth-order valence-electron chi connectivity index (χ4n) is 6.65. The van der Waals surface area contributed by atoms with Crippen LogP contribution in [0.5, 0.6) is 0 Å². The third-order valence-corrected chi connectivity index (χ3v) is 9.59. The second kappa shape index (κ2) is 24.1. The van der Waals surface area contributed by atoms with E-state index in [1.165, 1.54) is 136 Å². The van der Waals surface area contributed by atoms with E-state index in [2.05, 4.69) is 92.8 Å². The number of benzene rings is 2. The molecule has 4 heterocycles. The summed E-state index contributed by atoms with van der Waals surface area (Å²) in [5, 5.41) is 27.8. The van der Waals surface area contributed by atoms with Crippen LogP contribution in [0.25, 0.3) is 21.8 Å². The third kappa shape index (κ3) is 16.6. The molecule has 4 aromatic rings. The summed E-state index contributed by atoms with van der Waals surface area (Å²) in [4.78, 5) is 17.6. The first-order chi connectivity index (χ1) is 26.8. The molecule has 2 aliphatic heterocycles. The van der Waals surface area contributed by atoms with Gasteiger partial charge in [-0.15, -0.1) is 0 Å². The van der Waals surface area contributed by atoms with Gasteiger partial charge in [0.05, 0.1) is 22.1 Å². The number of nitrogens with one attached hydrogen (secondary N) is 2. The van der Waals surface area contributed by atoms with Crippen LogP contribution in [0.4, 0.5) is 37.7 Å². The number of carbonyl (C=O) groups excluding carboxylic acids is 2. The lowest BCUT2D eigenvalue weighted by molar-refractivity contribution is -0.672. The van der Waals surface area contributed by atoms with Crippen molar-refractivity contribution < 1.29 is 55.3 Å². The van der Waals surface area contributed by atoms with Gasteiger partial charge in [-0.25, -0.2) is 0 Å². The van der Waals surface area contributed by atoms with E-state index in [-0.39, 0.29) is 0 Å². The van der Waals surface area contributed by atoms with E-state index in [0.29, 0.717) is 0 Å². The molecule has 0 aliphatic carbocycles. The predicted octanol–water partition coefficient (Wildman–Crippen LogP) is 7.94. The van der Waals surface area contributed by atoms with Gasteiger partial charge in [-0.1, -0.05) is 88.5 Å². The summed E-state index contributed by atoms with van der Waals surface area (Å²) >= 11 is 0. The lowest BCUT2D eigenvalue weighted by Crippen LogP contribution is -2.37. The summed E-state index contributed by atoms with van der Waals surface area (Å²) in [7, 11) is 0. The number of anilines is 2. The van der Waals surface area contributed by atoms with E-state index < -0.39 is 24.3 Å².